The summed E-state index contributed by atoms with van der Waals surface area (Å²) >= 11 is 0. The molecule has 0 aliphatic carbocycles. The third-order valence-corrected chi connectivity index (χ3v) is 2.59. The molecular formula is C14H14N2O2. The van der Waals surface area contributed by atoms with E-state index >= 15 is 0 Å². The lowest BCUT2D eigenvalue weighted by molar-refractivity contribution is 0.0911. The number of benzene rings is 1. The molecule has 18 heavy (non-hydrogen) atoms. The van der Waals surface area contributed by atoms with Crippen molar-refractivity contribution in [1.82, 2.24) is 10.3 Å². The van der Waals surface area contributed by atoms with E-state index in [1.807, 2.05) is 30.3 Å². The first-order valence-corrected chi connectivity index (χ1v) is 5.69. The van der Waals surface area contributed by atoms with Crippen LogP contribution in [0.15, 0.2) is 54.7 Å². The molecule has 1 aromatic carbocycles. The predicted molar refractivity (Wildman–Crippen MR) is 68.0 cm³/mol. The highest BCUT2D eigenvalue weighted by atomic mass is 16.3. The Labute approximate surface area is 105 Å². The molecule has 1 amide bonds. The highest BCUT2D eigenvalue weighted by molar-refractivity contribution is 5.92. The van der Waals surface area contributed by atoms with Crippen molar-refractivity contribution in [2.75, 3.05) is 6.61 Å². The normalized spacial score (nSPS) is 11.8. The lowest BCUT2D eigenvalue weighted by Gasteiger charge is -2.16. The zero-order valence-electron chi connectivity index (χ0n) is 9.78. The summed E-state index contributed by atoms with van der Waals surface area (Å²) in [4.78, 5) is 15.9. The van der Waals surface area contributed by atoms with E-state index in [0.29, 0.717) is 5.69 Å². The van der Waals surface area contributed by atoms with Gasteiger partial charge in [0.25, 0.3) is 5.91 Å². The van der Waals surface area contributed by atoms with Crippen LogP contribution in [-0.2, 0) is 0 Å². The SMILES string of the molecule is O=C(N[C@H](CO)c1ccccc1)c1ccccn1. The average Bonchev–Trinajstić information content (AvgIpc) is 2.46. The van der Waals surface area contributed by atoms with E-state index in [0.717, 1.165) is 5.56 Å². The van der Waals surface area contributed by atoms with Gasteiger partial charge in [0.2, 0.25) is 0 Å². The highest BCUT2D eigenvalue weighted by Crippen LogP contribution is 2.12. The number of carbonyl (C=O) groups is 1. The summed E-state index contributed by atoms with van der Waals surface area (Å²) in [5, 5.41) is 12.1. The number of hydrogen-bond acceptors (Lipinski definition) is 3. The number of amides is 1. The summed E-state index contributed by atoms with van der Waals surface area (Å²) in [5.41, 5.74) is 1.20. The molecule has 2 aromatic rings. The smallest absolute Gasteiger partial charge is 0.270 e. The summed E-state index contributed by atoms with van der Waals surface area (Å²) in [6, 6.07) is 14.1. The number of hydrogen-bond donors (Lipinski definition) is 2. The van der Waals surface area contributed by atoms with E-state index in [1.54, 1.807) is 24.4 Å². The molecule has 0 saturated heterocycles. The summed E-state index contributed by atoms with van der Waals surface area (Å²) < 4.78 is 0. The van der Waals surface area contributed by atoms with Crippen LogP contribution in [0.4, 0.5) is 0 Å². The third kappa shape index (κ3) is 2.93. The lowest BCUT2D eigenvalue weighted by atomic mass is 10.1. The Morgan fingerprint density at radius 2 is 1.89 bits per heavy atom. The van der Waals surface area contributed by atoms with Crippen molar-refractivity contribution < 1.29 is 9.90 Å². The number of pyridine rings is 1. The molecule has 0 saturated carbocycles. The Hall–Kier alpha value is -2.20. The number of nitrogens with zero attached hydrogens (tertiary/aromatic N) is 1. The standard InChI is InChI=1S/C14H14N2O2/c17-10-13(11-6-2-1-3-7-11)16-14(18)12-8-4-5-9-15-12/h1-9,13,17H,10H2,(H,16,18)/t13-/m1/s1. The van der Waals surface area contributed by atoms with Crippen LogP contribution >= 0.6 is 0 Å². The van der Waals surface area contributed by atoms with Gasteiger partial charge in [0.15, 0.2) is 0 Å². The second-order valence-corrected chi connectivity index (χ2v) is 3.83. The van der Waals surface area contributed by atoms with Gasteiger partial charge in [-0.05, 0) is 17.7 Å². The molecule has 0 aliphatic heterocycles. The Kier molecular flexibility index (Phi) is 4.04. The Bertz CT molecular complexity index is 500. The van der Waals surface area contributed by atoms with Crippen molar-refractivity contribution in [3.05, 3.63) is 66.0 Å². The molecule has 0 unspecified atom stereocenters. The van der Waals surface area contributed by atoms with Crippen molar-refractivity contribution in [2.45, 2.75) is 6.04 Å². The van der Waals surface area contributed by atoms with Crippen molar-refractivity contribution in [3.8, 4) is 0 Å². The number of aliphatic hydroxyl groups excluding tert-OH is 1. The van der Waals surface area contributed by atoms with Crippen LogP contribution in [0.1, 0.15) is 22.1 Å². The second-order valence-electron chi connectivity index (χ2n) is 3.83. The number of aliphatic hydroxyl groups is 1. The van der Waals surface area contributed by atoms with Crippen molar-refractivity contribution in [3.63, 3.8) is 0 Å². The largest absolute Gasteiger partial charge is 0.394 e. The fraction of sp³-hybridized carbons (Fsp3) is 0.143. The molecule has 92 valence electrons. The highest BCUT2D eigenvalue weighted by Gasteiger charge is 2.14. The molecule has 2 rings (SSSR count). The number of aromatic nitrogens is 1. The lowest BCUT2D eigenvalue weighted by Crippen LogP contribution is -2.31. The molecule has 0 spiro atoms. The molecule has 1 atom stereocenters. The third-order valence-electron chi connectivity index (χ3n) is 2.59. The van der Waals surface area contributed by atoms with Crippen molar-refractivity contribution >= 4 is 5.91 Å². The number of carbonyl (C=O) groups excluding carboxylic acids is 1. The minimum atomic E-state index is -0.416. The van der Waals surface area contributed by atoms with Gasteiger partial charge in [0, 0.05) is 6.20 Å². The first-order valence-electron chi connectivity index (χ1n) is 5.69. The van der Waals surface area contributed by atoms with Gasteiger partial charge in [-0.1, -0.05) is 36.4 Å². The first kappa shape index (κ1) is 12.3. The quantitative estimate of drug-likeness (QED) is 0.855. The topological polar surface area (TPSA) is 62.2 Å². The summed E-state index contributed by atoms with van der Waals surface area (Å²) in [7, 11) is 0. The van der Waals surface area contributed by atoms with Gasteiger partial charge in [0.05, 0.1) is 12.6 Å². The molecule has 4 heteroatoms. The predicted octanol–water partition coefficient (Wildman–Crippen LogP) is 1.55. The second kappa shape index (κ2) is 5.93. The molecule has 4 nitrogen and oxygen atoms in total. The first-order chi connectivity index (χ1) is 8.81. The van der Waals surface area contributed by atoms with Gasteiger partial charge in [0.1, 0.15) is 5.69 Å². The van der Waals surface area contributed by atoms with Gasteiger partial charge < -0.3 is 10.4 Å². The average molecular weight is 242 g/mol. The Morgan fingerprint density at radius 3 is 2.50 bits per heavy atom. The van der Waals surface area contributed by atoms with E-state index in [1.165, 1.54) is 0 Å². The van der Waals surface area contributed by atoms with Crippen LogP contribution in [-0.4, -0.2) is 22.6 Å². The zero-order chi connectivity index (χ0) is 12.8. The Balaban J connectivity index is 2.10. The maximum absolute atomic E-state index is 11.9. The Morgan fingerprint density at radius 1 is 1.17 bits per heavy atom. The van der Waals surface area contributed by atoms with E-state index in [2.05, 4.69) is 10.3 Å². The van der Waals surface area contributed by atoms with Crippen LogP contribution in [0.25, 0.3) is 0 Å². The van der Waals surface area contributed by atoms with Crippen LogP contribution < -0.4 is 5.32 Å². The number of nitrogens with one attached hydrogen (secondary N) is 1. The fourth-order valence-electron chi connectivity index (χ4n) is 1.65. The van der Waals surface area contributed by atoms with Crippen LogP contribution in [0.3, 0.4) is 0 Å². The molecule has 0 radical (unpaired) electrons. The van der Waals surface area contributed by atoms with Gasteiger partial charge in [-0.15, -0.1) is 0 Å². The van der Waals surface area contributed by atoms with Crippen LogP contribution in [0.2, 0.25) is 0 Å². The van der Waals surface area contributed by atoms with E-state index in [-0.39, 0.29) is 12.5 Å². The molecule has 1 aromatic heterocycles. The van der Waals surface area contributed by atoms with Gasteiger partial charge in [-0.2, -0.15) is 0 Å². The van der Waals surface area contributed by atoms with E-state index in [4.69, 9.17) is 0 Å². The summed E-state index contributed by atoms with van der Waals surface area (Å²) in [5.74, 6) is -0.293. The fourth-order valence-corrected chi connectivity index (χ4v) is 1.65. The summed E-state index contributed by atoms with van der Waals surface area (Å²) in [6.07, 6.45) is 1.56. The molecule has 0 fully saturated rings. The van der Waals surface area contributed by atoms with Gasteiger partial charge >= 0.3 is 0 Å². The zero-order valence-corrected chi connectivity index (χ0v) is 9.78. The monoisotopic (exact) mass is 242 g/mol. The maximum atomic E-state index is 11.9. The van der Waals surface area contributed by atoms with E-state index in [9.17, 15) is 9.90 Å². The van der Waals surface area contributed by atoms with E-state index < -0.39 is 6.04 Å². The van der Waals surface area contributed by atoms with Crippen molar-refractivity contribution in [2.24, 2.45) is 0 Å². The minimum Gasteiger partial charge on any atom is -0.394 e. The molecule has 0 aliphatic rings. The van der Waals surface area contributed by atoms with Crippen molar-refractivity contribution in [1.29, 1.82) is 0 Å². The minimum absolute atomic E-state index is 0.150. The molecular weight excluding hydrogens is 228 g/mol. The number of rotatable bonds is 4. The molecule has 1 heterocycles. The molecule has 0 bridgehead atoms. The van der Waals surface area contributed by atoms with Gasteiger partial charge in [-0.3, -0.25) is 9.78 Å². The maximum Gasteiger partial charge on any atom is 0.270 e. The van der Waals surface area contributed by atoms with Gasteiger partial charge in [-0.25, -0.2) is 0 Å². The van der Waals surface area contributed by atoms with Crippen LogP contribution in [0.5, 0.6) is 0 Å². The van der Waals surface area contributed by atoms with Crippen LogP contribution in [0, 0.1) is 0 Å². The summed E-state index contributed by atoms with van der Waals surface area (Å²) in [6.45, 7) is -0.150. The molecule has 2 N–H and O–H groups in total.